The number of methoxy groups -OCH3 is 3. The zero-order chi connectivity index (χ0) is 12.0. The van der Waals surface area contributed by atoms with Crippen LogP contribution in [0.25, 0.3) is 0 Å². The van der Waals surface area contributed by atoms with Crippen LogP contribution in [0.1, 0.15) is 6.92 Å². The molecule has 1 atom stereocenters. The smallest absolute Gasteiger partial charge is 0.162 e. The molecule has 0 spiro atoms. The van der Waals surface area contributed by atoms with Crippen LogP contribution < -0.4 is 14.8 Å². The van der Waals surface area contributed by atoms with Crippen molar-refractivity contribution in [3.05, 3.63) is 18.2 Å². The van der Waals surface area contributed by atoms with Gasteiger partial charge in [0.1, 0.15) is 0 Å². The highest BCUT2D eigenvalue weighted by molar-refractivity contribution is 5.55. The monoisotopic (exact) mass is 225 g/mol. The summed E-state index contributed by atoms with van der Waals surface area (Å²) in [6.45, 7) is 2.72. The van der Waals surface area contributed by atoms with E-state index in [9.17, 15) is 0 Å². The van der Waals surface area contributed by atoms with E-state index in [0.29, 0.717) is 6.61 Å². The second kappa shape index (κ2) is 6.23. The lowest BCUT2D eigenvalue weighted by molar-refractivity contribution is 0.190. The van der Waals surface area contributed by atoms with Gasteiger partial charge in [-0.2, -0.15) is 0 Å². The van der Waals surface area contributed by atoms with E-state index in [1.54, 1.807) is 21.3 Å². The van der Waals surface area contributed by atoms with Crippen LogP contribution in [0.2, 0.25) is 0 Å². The fourth-order valence-electron chi connectivity index (χ4n) is 1.50. The van der Waals surface area contributed by atoms with Crippen LogP contribution in [-0.2, 0) is 4.74 Å². The minimum atomic E-state index is 0.253. The first-order valence-electron chi connectivity index (χ1n) is 5.18. The van der Waals surface area contributed by atoms with Crippen molar-refractivity contribution in [2.24, 2.45) is 0 Å². The quantitative estimate of drug-likeness (QED) is 0.805. The third-order valence-electron chi connectivity index (χ3n) is 2.21. The Balaban J connectivity index is 2.74. The van der Waals surface area contributed by atoms with Gasteiger partial charge in [-0.15, -0.1) is 0 Å². The van der Waals surface area contributed by atoms with E-state index in [-0.39, 0.29) is 6.04 Å². The molecule has 0 radical (unpaired) electrons. The summed E-state index contributed by atoms with van der Waals surface area (Å²) in [6, 6.07) is 5.99. The minimum Gasteiger partial charge on any atom is -0.493 e. The molecule has 90 valence electrons. The molecule has 1 unspecified atom stereocenters. The standard InChI is InChI=1S/C12H19NO3/c1-9(8-14-2)13-10-5-6-11(15-3)12(7-10)16-4/h5-7,9,13H,8H2,1-4H3. The maximum Gasteiger partial charge on any atom is 0.162 e. The van der Waals surface area contributed by atoms with Crippen molar-refractivity contribution in [1.82, 2.24) is 0 Å². The van der Waals surface area contributed by atoms with Crippen molar-refractivity contribution >= 4 is 5.69 Å². The summed E-state index contributed by atoms with van der Waals surface area (Å²) >= 11 is 0. The molecular formula is C12H19NO3. The zero-order valence-electron chi connectivity index (χ0n) is 10.2. The van der Waals surface area contributed by atoms with Gasteiger partial charge >= 0.3 is 0 Å². The van der Waals surface area contributed by atoms with E-state index >= 15 is 0 Å². The van der Waals surface area contributed by atoms with Gasteiger partial charge in [-0.05, 0) is 19.1 Å². The van der Waals surface area contributed by atoms with Gasteiger partial charge < -0.3 is 19.5 Å². The van der Waals surface area contributed by atoms with Crippen molar-refractivity contribution in [1.29, 1.82) is 0 Å². The average Bonchev–Trinajstić information content (AvgIpc) is 2.29. The SMILES string of the molecule is COCC(C)Nc1ccc(OC)c(OC)c1. The molecule has 4 heteroatoms. The summed E-state index contributed by atoms with van der Waals surface area (Å²) in [6.07, 6.45) is 0. The molecule has 1 aromatic rings. The summed E-state index contributed by atoms with van der Waals surface area (Å²) in [5, 5.41) is 3.31. The Kier molecular flexibility index (Phi) is 4.92. The number of anilines is 1. The van der Waals surface area contributed by atoms with Crippen LogP contribution in [0.15, 0.2) is 18.2 Å². The van der Waals surface area contributed by atoms with Gasteiger partial charge in [0, 0.05) is 24.9 Å². The normalized spacial score (nSPS) is 12.0. The van der Waals surface area contributed by atoms with Crippen LogP contribution in [0.3, 0.4) is 0 Å². The Labute approximate surface area is 96.5 Å². The molecule has 0 amide bonds. The summed E-state index contributed by atoms with van der Waals surface area (Å²) in [5.41, 5.74) is 0.988. The number of hydrogen-bond donors (Lipinski definition) is 1. The van der Waals surface area contributed by atoms with Crippen LogP contribution in [0.4, 0.5) is 5.69 Å². The molecule has 0 aromatic heterocycles. The zero-order valence-corrected chi connectivity index (χ0v) is 10.2. The number of ether oxygens (including phenoxy) is 3. The van der Waals surface area contributed by atoms with Gasteiger partial charge in [0.05, 0.1) is 20.8 Å². The number of rotatable bonds is 6. The van der Waals surface area contributed by atoms with Crippen molar-refractivity contribution in [3.8, 4) is 11.5 Å². The highest BCUT2D eigenvalue weighted by atomic mass is 16.5. The van der Waals surface area contributed by atoms with Gasteiger partial charge in [0.25, 0.3) is 0 Å². The van der Waals surface area contributed by atoms with Gasteiger partial charge in [0.15, 0.2) is 11.5 Å². The van der Waals surface area contributed by atoms with Crippen molar-refractivity contribution in [3.63, 3.8) is 0 Å². The third kappa shape index (κ3) is 3.31. The fourth-order valence-corrected chi connectivity index (χ4v) is 1.50. The second-order valence-electron chi connectivity index (χ2n) is 3.57. The topological polar surface area (TPSA) is 39.7 Å². The number of benzene rings is 1. The Morgan fingerprint density at radius 3 is 2.38 bits per heavy atom. The van der Waals surface area contributed by atoms with Crippen molar-refractivity contribution < 1.29 is 14.2 Å². The van der Waals surface area contributed by atoms with Gasteiger partial charge in [0.2, 0.25) is 0 Å². The van der Waals surface area contributed by atoms with Crippen LogP contribution in [0, 0.1) is 0 Å². The summed E-state index contributed by atoms with van der Waals surface area (Å²) < 4.78 is 15.4. The molecule has 1 aromatic carbocycles. The predicted octanol–water partition coefficient (Wildman–Crippen LogP) is 2.15. The molecule has 1 N–H and O–H groups in total. The first-order chi connectivity index (χ1) is 7.71. The molecular weight excluding hydrogens is 206 g/mol. The lowest BCUT2D eigenvalue weighted by atomic mass is 10.2. The van der Waals surface area contributed by atoms with Crippen LogP contribution >= 0.6 is 0 Å². The van der Waals surface area contributed by atoms with Gasteiger partial charge in [-0.25, -0.2) is 0 Å². The van der Waals surface area contributed by atoms with E-state index in [0.717, 1.165) is 17.2 Å². The van der Waals surface area contributed by atoms with E-state index in [1.807, 2.05) is 18.2 Å². The molecule has 0 saturated heterocycles. The molecule has 4 nitrogen and oxygen atoms in total. The molecule has 0 aliphatic rings. The highest BCUT2D eigenvalue weighted by Gasteiger charge is 2.06. The molecule has 1 rings (SSSR count). The number of nitrogens with one attached hydrogen (secondary N) is 1. The Morgan fingerprint density at radius 2 is 1.81 bits per heavy atom. The summed E-state index contributed by atoms with van der Waals surface area (Å²) in [7, 11) is 4.94. The minimum absolute atomic E-state index is 0.253. The second-order valence-corrected chi connectivity index (χ2v) is 3.57. The first kappa shape index (κ1) is 12.6. The maximum atomic E-state index is 5.22. The summed E-state index contributed by atoms with van der Waals surface area (Å²) in [4.78, 5) is 0. The molecule has 0 aliphatic carbocycles. The van der Waals surface area contributed by atoms with Gasteiger partial charge in [-0.3, -0.25) is 0 Å². The van der Waals surface area contributed by atoms with E-state index in [2.05, 4.69) is 12.2 Å². The van der Waals surface area contributed by atoms with Crippen molar-refractivity contribution in [2.45, 2.75) is 13.0 Å². The van der Waals surface area contributed by atoms with E-state index in [1.165, 1.54) is 0 Å². The lowest BCUT2D eigenvalue weighted by Crippen LogP contribution is -2.20. The Hall–Kier alpha value is -1.42. The molecule has 0 aliphatic heterocycles. The molecule has 0 saturated carbocycles. The maximum absolute atomic E-state index is 5.22. The Bertz CT molecular complexity index is 328. The van der Waals surface area contributed by atoms with Crippen LogP contribution in [-0.4, -0.2) is 34.0 Å². The van der Waals surface area contributed by atoms with Crippen molar-refractivity contribution in [2.75, 3.05) is 33.3 Å². The molecule has 0 heterocycles. The van der Waals surface area contributed by atoms with Gasteiger partial charge in [-0.1, -0.05) is 0 Å². The lowest BCUT2D eigenvalue weighted by Gasteiger charge is -2.15. The molecule has 16 heavy (non-hydrogen) atoms. The predicted molar refractivity (Wildman–Crippen MR) is 64.5 cm³/mol. The first-order valence-corrected chi connectivity index (χ1v) is 5.18. The fraction of sp³-hybridized carbons (Fsp3) is 0.500. The summed E-state index contributed by atoms with van der Waals surface area (Å²) in [5.74, 6) is 1.45. The largest absolute Gasteiger partial charge is 0.493 e. The Morgan fingerprint density at radius 1 is 1.12 bits per heavy atom. The van der Waals surface area contributed by atoms with Crippen LogP contribution in [0.5, 0.6) is 11.5 Å². The highest BCUT2D eigenvalue weighted by Crippen LogP contribution is 2.29. The van der Waals surface area contributed by atoms with E-state index < -0.39 is 0 Å². The van der Waals surface area contributed by atoms with E-state index in [4.69, 9.17) is 14.2 Å². The number of hydrogen-bond acceptors (Lipinski definition) is 4. The third-order valence-corrected chi connectivity index (χ3v) is 2.21. The average molecular weight is 225 g/mol. The molecule has 0 bridgehead atoms. The molecule has 0 fully saturated rings.